The topological polar surface area (TPSA) is 102 Å². The van der Waals surface area contributed by atoms with Crippen molar-refractivity contribution in [3.8, 4) is 0 Å². The van der Waals surface area contributed by atoms with Gasteiger partial charge in [-0.3, -0.25) is 4.79 Å². The summed E-state index contributed by atoms with van der Waals surface area (Å²) >= 11 is 0. The summed E-state index contributed by atoms with van der Waals surface area (Å²) in [7, 11) is 0. The van der Waals surface area contributed by atoms with Gasteiger partial charge in [-0.15, -0.1) is 0 Å². The molecule has 0 fully saturated rings. The van der Waals surface area contributed by atoms with Crippen LogP contribution in [0.1, 0.15) is 61.3 Å². The van der Waals surface area contributed by atoms with Crippen LogP contribution < -0.4 is 5.32 Å². The number of hydrogen-bond acceptors (Lipinski definition) is 5. The zero-order valence-corrected chi connectivity index (χ0v) is 14.4. The predicted molar refractivity (Wildman–Crippen MR) is 80.5 cm³/mol. The van der Waals surface area contributed by atoms with Crippen LogP contribution in [-0.4, -0.2) is 39.9 Å². The van der Waals surface area contributed by atoms with E-state index in [4.69, 9.17) is 9.47 Å². The fraction of sp³-hybridized carbons (Fsp3) is 0.800. The molecule has 1 amide bonds. The van der Waals surface area contributed by atoms with Crippen molar-refractivity contribution < 1.29 is 29.0 Å². The minimum absolute atomic E-state index is 0.101. The molecule has 0 saturated heterocycles. The van der Waals surface area contributed by atoms with Gasteiger partial charge in [-0.05, 0) is 54.9 Å². The number of carboxylic acid groups (broad SMARTS) is 1. The van der Waals surface area contributed by atoms with E-state index in [0.717, 1.165) is 0 Å². The summed E-state index contributed by atoms with van der Waals surface area (Å²) in [5, 5.41) is 11.6. The molecule has 0 aliphatic carbocycles. The molecule has 0 spiro atoms. The van der Waals surface area contributed by atoms with Gasteiger partial charge in [0.05, 0.1) is 0 Å². The van der Waals surface area contributed by atoms with Gasteiger partial charge < -0.3 is 19.9 Å². The number of amides is 1. The second-order valence-electron chi connectivity index (χ2n) is 7.35. The Morgan fingerprint density at radius 1 is 0.909 bits per heavy atom. The second-order valence-corrected chi connectivity index (χ2v) is 7.35. The van der Waals surface area contributed by atoms with Crippen LogP contribution in [0.3, 0.4) is 0 Å². The second kappa shape index (κ2) is 6.98. The Bertz CT molecular complexity index is 432. The van der Waals surface area contributed by atoms with Gasteiger partial charge in [-0.2, -0.15) is 0 Å². The van der Waals surface area contributed by atoms with Crippen molar-refractivity contribution in [2.75, 3.05) is 0 Å². The summed E-state index contributed by atoms with van der Waals surface area (Å²) in [6.45, 7) is 11.5. The number of aliphatic carboxylic acids is 1. The summed E-state index contributed by atoms with van der Waals surface area (Å²) < 4.78 is 10.2. The van der Waals surface area contributed by atoms with Crippen LogP contribution in [0.25, 0.3) is 0 Å². The summed E-state index contributed by atoms with van der Waals surface area (Å²) in [6, 6.07) is 0. The van der Waals surface area contributed by atoms with Crippen molar-refractivity contribution in [3.05, 3.63) is 0 Å². The largest absolute Gasteiger partial charge is 0.480 e. The fourth-order valence-electron chi connectivity index (χ4n) is 1.50. The highest BCUT2D eigenvalue weighted by Gasteiger charge is 2.37. The fourth-order valence-corrected chi connectivity index (χ4v) is 1.50. The summed E-state index contributed by atoms with van der Waals surface area (Å²) in [4.78, 5) is 34.8. The molecular weight excluding hydrogens is 290 g/mol. The van der Waals surface area contributed by atoms with Gasteiger partial charge in [0.25, 0.3) is 0 Å². The molecule has 2 N–H and O–H groups in total. The maximum absolute atomic E-state index is 11.7. The van der Waals surface area contributed by atoms with Crippen LogP contribution in [0.4, 0.5) is 4.79 Å². The van der Waals surface area contributed by atoms with E-state index in [0.29, 0.717) is 0 Å². The Morgan fingerprint density at radius 3 is 1.73 bits per heavy atom. The van der Waals surface area contributed by atoms with E-state index in [-0.39, 0.29) is 12.8 Å². The number of carbonyl (C=O) groups excluding carboxylic acids is 2. The minimum atomic E-state index is -1.61. The highest BCUT2D eigenvalue weighted by Crippen LogP contribution is 2.17. The third-order valence-electron chi connectivity index (χ3n) is 2.50. The third-order valence-corrected chi connectivity index (χ3v) is 2.50. The Hall–Kier alpha value is -1.79. The predicted octanol–water partition coefficient (Wildman–Crippen LogP) is 2.48. The smallest absolute Gasteiger partial charge is 0.408 e. The lowest BCUT2D eigenvalue weighted by Crippen LogP contribution is -2.53. The first-order chi connectivity index (χ1) is 9.65. The first kappa shape index (κ1) is 20.2. The van der Waals surface area contributed by atoms with Gasteiger partial charge in [0.2, 0.25) is 0 Å². The molecular formula is C15H27NO6. The Kier molecular flexibility index (Phi) is 6.41. The normalized spacial score (nSPS) is 14.7. The van der Waals surface area contributed by atoms with E-state index in [1.807, 2.05) is 0 Å². The third kappa shape index (κ3) is 8.49. The summed E-state index contributed by atoms with van der Waals surface area (Å²) in [5.74, 6) is -1.77. The number of alkyl carbamates (subject to hydrolysis) is 1. The lowest BCUT2D eigenvalue weighted by atomic mass is 9.96. The molecule has 7 heteroatoms. The zero-order chi connectivity index (χ0) is 17.8. The molecule has 0 unspecified atom stereocenters. The molecule has 0 aromatic rings. The quantitative estimate of drug-likeness (QED) is 0.755. The molecule has 0 radical (unpaired) electrons. The van der Waals surface area contributed by atoms with Gasteiger partial charge >= 0.3 is 18.0 Å². The molecule has 0 saturated carbocycles. The number of esters is 1. The van der Waals surface area contributed by atoms with E-state index >= 15 is 0 Å². The molecule has 0 heterocycles. The van der Waals surface area contributed by atoms with Crippen LogP contribution in [0, 0.1) is 0 Å². The average Bonchev–Trinajstić information content (AvgIpc) is 2.20. The number of nitrogens with one attached hydrogen (secondary N) is 1. The van der Waals surface area contributed by atoms with Gasteiger partial charge in [-0.25, -0.2) is 9.59 Å². The molecule has 0 bridgehead atoms. The lowest BCUT2D eigenvalue weighted by molar-refractivity contribution is -0.156. The lowest BCUT2D eigenvalue weighted by Gasteiger charge is -2.28. The van der Waals surface area contributed by atoms with Crippen LogP contribution in [0.15, 0.2) is 0 Å². The maximum Gasteiger partial charge on any atom is 0.408 e. The number of rotatable bonds is 5. The molecule has 22 heavy (non-hydrogen) atoms. The molecule has 0 rings (SSSR count). The van der Waals surface area contributed by atoms with Crippen molar-refractivity contribution in [1.29, 1.82) is 0 Å². The molecule has 0 aromatic carbocycles. The monoisotopic (exact) mass is 317 g/mol. The first-order valence-corrected chi connectivity index (χ1v) is 7.11. The number of ether oxygens (including phenoxy) is 2. The Balaban J connectivity index is 4.74. The molecule has 128 valence electrons. The van der Waals surface area contributed by atoms with Crippen molar-refractivity contribution in [2.24, 2.45) is 0 Å². The van der Waals surface area contributed by atoms with Crippen molar-refractivity contribution in [1.82, 2.24) is 5.32 Å². The molecule has 0 aromatic heterocycles. The number of carboxylic acids is 1. The maximum atomic E-state index is 11.7. The molecule has 0 aliphatic rings. The van der Waals surface area contributed by atoms with Gasteiger partial charge in [0.1, 0.15) is 16.7 Å². The van der Waals surface area contributed by atoms with E-state index in [1.54, 1.807) is 41.5 Å². The first-order valence-electron chi connectivity index (χ1n) is 7.11. The highest BCUT2D eigenvalue weighted by molar-refractivity contribution is 5.84. The van der Waals surface area contributed by atoms with E-state index in [9.17, 15) is 19.5 Å². The van der Waals surface area contributed by atoms with Gasteiger partial charge in [0, 0.05) is 6.42 Å². The Labute approximate surface area is 131 Å². The summed E-state index contributed by atoms with van der Waals surface area (Å²) in [5.41, 5.74) is -3.00. The van der Waals surface area contributed by atoms with Crippen molar-refractivity contribution >= 4 is 18.0 Å². The zero-order valence-electron chi connectivity index (χ0n) is 14.4. The van der Waals surface area contributed by atoms with E-state index < -0.39 is 34.8 Å². The SMILES string of the molecule is CC(C)(C)OC(=O)CC[C@](C)(NC(=O)OC(C)(C)C)C(=O)O. The van der Waals surface area contributed by atoms with Crippen LogP contribution in [0.2, 0.25) is 0 Å². The number of carbonyl (C=O) groups is 3. The molecule has 7 nitrogen and oxygen atoms in total. The molecule has 0 aliphatic heterocycles. The number of hydrogen-bond donors (Lipinski definition) is 2. The van der Waals surface area contributed by atoms with E-state index in [2.05, 4.69) is 5.32 Å². The van der Waals surface area contributed by atoms with Crippen molar-refractivity contribution in [3.63, 3.8) is 0 Å². The Morgan fingerprint density at radius 2 is 1.36 bits per heavy atom. The van der Waals surface area contributed by atoms with Gasteiger partial charge in [0.15, 0.2) is 0 Å². The van der Waals surface area contributed by atoms with Crippen LogP contribution >= 0.6 is 0 Å². The molecule has 1 atom stereocenters. The van der Waals surface area contributed by atoms with Crippen LogP contribution in [0.5, 0.6) is 0 Å². The summed E-state index contributed by atoms with van der Waals surface area (Å²) in [6.07, 6.45) is -1.08. The minimum Gasteiger partial charge on any atom is -0.480 e. The standard InChI is InChI=1S/C15H27NO6/c1-13(2,3)21-10(17)8-9-15(7,11(18)19)16-12(20)22-14(4,5)6/h8-9H2,1-7H3,(H,16,20)(H,18,19)/t15-/m0/s1. The van der Waals surface area contributed by atoms with Crippen LogP contribution in [-0.2, 0) is 19.1 Å². The highest BCUT2D eigenvalue weighted by atomic mass is 16.6. The average molecular weight is 317 g/mol. The van der Waals surface area contributed by atoms with E-state index in [1.165, 1.54) is 6.92 Å². The van der Waals surface area contributed by atoms with Crippen molar-refractivity contribution in [2.45, 2.75) is 78.0 Å². The van der Waals surface area contributed by atoms with Gasteiger partial charge in [-0.1, -0.05) is 0 Å².